The molecule has 0 radical (unpaired) electrons. The second kappa shape index (κ2) is 16.3. The molecule has 45 heavy (non-hydrogen) atoms. The molecular formula is C31H49Cl2N5O7. The number of nitrogens with two attached hydrogens (primary N) is 1. The lowest BCUT2D eigenvalue weighted by molar-refractivity contribution is -0.143. The lowest BCUT2D eigenvalue weighted by Crippen LogP contribution is -2.61. The normalized spacial score (nSPS) is 23.0. The van der Waals surface area contributed by atoms with Crippen molar-refractivity contribution in [3.8, 4) is 0 Å². The van der Waals surface area contributed by atoms with Crippen LogP contribution in [0.5, 0.6) is 0 Å². The van der Waals surface area contributed by atoms with Crippen LogP contribution in [0.1, 0.15) is 91.9 Å². The molecule has 3 aliphatic rings. The quantitative estimate of drug-likeness (QED) is 0.132. The standard InChI is InChI=1S/C31H49Cl2N5O7/c1-17(39)45-16-22(31(2,3)4)36-30(44)37-23(19-11-6-5-7-12-19)29(43)38-14-13-20(26(32)33)24(38)28(42)35-21(25(40)27(34)41)15-18-9-8-10-18/h18-24,26H,5-16H2,1-4H3,(H2,34,41)(H,35,42)(H2,36,37,44)/t20-,21?,22?,23-,24-/m0/s1. The van der Waals surface area contributed by atoms with E-state index in [1.165, 1.54) is 11.8 Å². The van der Waals surface area contributed by atoms with Crippen LogP contribution in [0.3, 0.4) is 0 Å². The summed E-state index contributed by atoms with van der Waals surface area (Å²) in [4.78, 5) is 77.9. The first-order valence-corrected chi connectivity index (χ1v) is 16.9. The summed E-state index contributed by atoms with van der Waals surface area (Å²) in [6, 6.07) is -4.32. The predicted octanol–water partition coefficient (Wildman–Crippen LogP) is 2.96. The number of primary amides is 1. The van der Waals surface area contributed by atoms with Gasteiger partial charge in [0.1, 0.15) is 23.5 Å². The zero-order chi connectivity index (χ0) is 33.5. The van der Waals surface area contributed by atoms with Crippen LogP contribution in [0.15, 0.2) is 0 Å². The van der Waals surface area contributed by atoms with E-state index in [0.29, 0.717) is 19.3 Å². The minimum absolute atomic E-state index is 0.0385. The highest BCUT2D eigenvalue weighted by atomic mass is 35.5. The van der Waals surface area contributed by atoms with Gasteiger partial charge in [-0.1, -0.05) is 59.3 Å². The molecule has 1 aliphatic heterocycles. The van der Waals surface area contributed by atoms with Crippen molar-refractivity contribution in [3.63, 3.8) is 0 Å². The van der Waals surface area contributed by atoms with E-state index in [1.54, 1.807) is 0 Å². The number of likely N-dealkylation sites (tertiary alicyclic amines) is 1. The van der Waals surface area contributed by atoms with Crippen LogP contribution >= 0.6 is 23.2 Å². The van der Waals surface area contributed by atoms with Crippen LogP contribution < -0.4 is 21.7 Å². The van der Waals surface area contributed by atoms with Gasteiger partial charge in [0, 0.05) is 19.4 Å². The molecule has 3 rings (SSSR count). The number of ketones is 1. The van der Waals surface area contributed by atoms with Crippen molar-refractivity contribution in [1.29, 1.82) is 0 Å². The first-order valence-electron chi connectivity index (χ1n) is 16.0. The fraction of sp³-hybridized carbons (Fsp3) is 0.806. The number of nitrogens with one attached hydrogen (secondary N) is 3. The van der Waals surface area contributed by atoms with Crippen molar-refractivity contribution in [2.24, 2.45) is 28.9 Å². The predicted molar refractivity (Wildman–Crippen MR) is 169 cm³/mol. The molecule has 0 bridgehead atoms. The van der Waals surface area contributed by atoms with Gasteiger partial charge in [-0.3, -0.25) is 24.0 Å². The molecule has 1 heterocycles. The number of hydrogen-bond donors (Lipinski definition) is 4. The number of urea groups is 1. The van der Waals surface area contributed by atoms with Gasteiger partial charge in [-0.05, 0) is 42.9 Å². The van der Waals surface area contributed by atoms with Crippen molar-refractivity contribution < 1.29 is 33.5 Å². The summed E-state index contributed by atoms with van der Waals surface area (Å²) < 4.78 is 5.18. The number of nitrogens with zero attached hydrogens (tertiary/aromatic N) is 1. The van der Waals surface area contributed by atoms with E-state index in [0.717, 1.165) is 38.5 Å². The molecule has 5 N–H and O–H groups in total. The number of alkyl halides is 2. The van der Waals surface area contributed by atoms with Crippen LogP contribution in [0.25, 0.3) is 0 Å². The van der Waals surface area contributed by atoms with E-state index >= 15 is 0 Å². The number of rotatable bonds is 13. The van der Waals surface area contributed by atoms with Crippen LogP contribution in [0.4, 0.5) is 4.79 Å². The number of hydrogen-bond acceptors (Lipinski definition) is 7. The summed E-state index contributed by atoms with van der Waals surface area (Å²) in [5.74, 6) is -4.23. The Morgan fingerprint density at radius 2 is 1.56 bits per heavy atom. The Morgan fingerprint density at radius 3 is 2.07 bits per heavy atom. The van der Waals surface area contributed by atoms with E-state index in [2.05, 4.69) is 16.0 Å². The van der Waals surface area contributed by atoms with Gasteiger partial charge in [0.2, 0.25) is 17.6 Å². The highest BCUT2D eigenvalue weighted by molar-refractivity contribution is 6.44. The molecular weight excluding hydrogens is 625 g/mol. The van der Waals surface area contributed by atoms with Crippen molar-refractivity contribution in [2.45, 2.75) is 121 Å². The SMILES string of the molecule is CC(=O)OCC(NC(=O)N[C@H](C(=O)N1CC[C@H](C(Cl)Cl)[C@H]1C(=O)NC(CC1CCC1)C(=O)C(N)=O)C1CCCCC1)C(C)(C)C. The van der Waals surface area contributed by atoms with E-state index in [1.807, 2.05) is 20.8 Å². The number of carbonyl (C=O) groups is 6. The molecule has 5 amide bonds. The minimum atomic E-state index is -1.14. The van der Waals surface area contributed by atoms with Crippen molar-refractivity contribution in [1.82, 2.24) is 20.9 Å². The van der Waals surface area contributed by atoms with Gasteiger partial charge in [0.05, 0.1) is 12.1 Å². The van der Waals surface area contributed by atoms with Gasteiger partial charge in [0.25, 0.3) is 5.91 Å². The zero-order valence-corrected chi connectivity index (χ0v) is 28.3. The number of amides is 5. The summed E-state index contributed by atoms with van der Waals surface area (Å²) in [5, 5.41) is 8.44. The molecule has 14 heteroatoms. The smallest absolute Gasteiger partial charge is 0.315 e. The fourth-order valence-electron chi connectivity index (χ4n) is 6.46. The molecule has 3 fully saturated rings. The summed E-state index contributed by atoms with van der Waals surface area (Å²) in [6.07, 6.45) is 7.61. The van der Waals surface area contributed by atoms with Crippen LogP contribution in [0.2, 0.25) is 0 Å². The average Bonchev–Trinajstić information content (AvgIpc) is 3.40. The third kappa shape index (κ3) is 10.2. The first-order chi connectivity index (χ1) is 21.1. The summed E-state index contributed by atoms with van der Waals surface area (Å²) in [7, 11) is 0. The summed E-state index contributed by atoms with van der Waals surface area (Å²) in [5.41, 5.74) is 4.84. The molecule has 2 saturated carbocycles. The fourth-order valence-corrected chi connectivity index (χ4v) is 6.99. The van der Waals surface area contributed by atoms with Gasteiger partial charge < -0.3 is 31.3 Å². The Bertz CT molecular complexity index is 1100. The third-order valence-electron chi connectivity index (χ3n) is 9.47. The molecule has 2 unspecified atom stereocenters. The van der Waals surface area contributed by atoms with Crippen molar-refractivity contribution in [3.05, 3.63) is 0 Å². The Balaban J connectivity index is 1.85. The minimum Gasteiger partial charge on any atom is -0.464 e. The van der Waals surface area contributed by atoms with Crippen molar-refractivity contribution in [2.75, 3.05) is 13.2 Å². The molecule has 1 saturated heterocycles. The molecule has 0 spiro atoms. The van der Waals surface area contributed by atoms with Gasteiger partial charge >= 0.3 is 12.0 Å². The monoisotopic (exact) mass is 673 g/mol. The van der Waals surface area contributed by atoms with Gasteiger partial charge in [-0.25, -0.2) is 4.79 Å². The van der Waals surface area contributed by atoms with E-state index in [4.69, 9.17) is 33.7 Å². The topological polar surface area (TPSA) is 177 Å². The second-order valence-electron chi connectivity index (χ2n) is 13.8. The number of halogens is 2. The van der Waals surface area contributed by atoms with E-state index in [9.17, 15) is 28.8 Å². The highest BCUT2D eigenvalue weighted by Gasteiger charge is 2.48. The molecule has 12 nitrogen and oxygen atoms in total. The van der Waals surface area contributed by atoms with Gasteiger partial charge in [0.15, 0.2) is 0 Å². The van der Waals surface area contributed by atoms with Gasteiger partial charge in [-0.2, -0.15) is 0 Å². The van der Waals surface area contributed by atoms with E-state index in [-0.39, 0.29) is 31.4 Å². The van der Waals surface area contributed by atoms with Crippen molar-refractivity contribution >= 4 is 58.7 Å². The maximum atomic E-state index is 14.3. The Hall–Kier alpha value is -2.60. The number of ether oxygens (including phenoxy) is 1. The maximum Gasteiger partial charge on any atom is 0.315 e. The zero-order valence-electron chi connectivity index (χ0n) is 26.7. The van der Waals surface area contributed by atoms with Gasteiger partial charge in [-0.15, -0.1) is 23.2 Å². The Morgan fingerprint density at radius 1 is 0.911 bits per heavy atom. The molecule has 0 aromatic heterocycles. The second-order valence-corrected chi connectivity index (χ2v) is 15.0. The summed E-state index contributed by atoms with van der Waals surface area (Å²) in [6.45, 7) is 7.11. The molecule has 0 aromatic carbocycles. The third-order valence-corrected chi connectivity index (χ3v) is 10.1. The Labute approximate surface area is 275 Å². The number of esters is 1. The van der Waals surface area contributed by atoms with E-state index < -0.39 is 75.8 Å². The highest BCUT2D eigenvalue weighted by Crippen LogP contribution is 2.36. The Kier molecular flexibility index (Phi) is 13.3. The van der Waals surface area contributed by atoms with Crippen LogP contribution in [-0.4, -0.2) is 82.6 Å². The largest absolute Gasteiger partial charge is 0.464 e. The molecule has 2 aliphatic carbocycles. The first kappa shape index (κ1) is 36.9. The molecule has 254 valence electrons. The average molecular weight is 675 g/mol. The summed E-state index contributed by atoms with van der Waals surface area (Å²) >= 11 is 12.6. The lowest BCUT2D eigenvalue weighted by atomic mass is 9.80. The molecule has 5 atom stereocenters. The number of carbonyl (C=O) groups excluding carboxylic acids is 6. The number of Topliss-reactive ketones (excluding diaryl/α,β-unsaturated/α-hetero) is 1. The lowest BCUT2D eigenvalue weighted by Gasteiger charge is -2.37. The molecule has 0 aromatic rings. The van der Waals surface area contributed by atoms with Crippen LogP contribution in [-0.2, 0) is 28.7 Å². The maximum absolute atomic E-state index is 14.3. The van der Waals surface area contributed by atoms with Crippen LogP contribution in [0, 0.1) is 23.2 Å².